The minimum Gasteiger partial charge on any atom is -0.481 e. The van der Waals surface area contributed by atoms with Gasteiger partial charge in [-0.1, -0.05) is 49.4 Å². The van der Waals surface area contributed by atoms with Crippen LogP contribution in [-0.2, 0) is 17.6 Å². The SMILES string of the molecule is CC(CN[C@H](c1ccccc1)[C@H]1CNc2cccnc2C1)c1ccc(CC(=O)O)c(F)c1. The molecule has 32 heavy (non-hydrogen) atoms. The molecule has 1 aromatic heterocycles. The van der Waals surface area contributed by atoms with Crippen LogP contribution in [0.2, 0.25) is 0 Å². The van der Waals surface area contributed by atoms with E-state index in [0.29, 0.717) is 12.5 Å². The Kier molecular flexibility index (Phi) is 6.81. The molecule has 5 nitrogen and oxygen atoms in total. The molecule has 3 N–H and O–H groups in total. The van der Waals surface area contributed by atoms with Gasteiger partial charge in [-0.3, -0.25) is 9.78 Å². The van der Waals surface area contributed by atoms with Crippen LogP contribution in [0.25, 0.3) is 0 Å². The van der Waals surface area contributed by atoms with Gasteiger partial charge in [-0.05, 0) is 47.2 Å². The van der Waals surface area contributed by atoms with Crippen LogP contribution in [0.4, 0.5) is 10.1 Å². The minimum absolute atomic E-state index is 0.0663. The average molecular weight is 434 g/mol. The van der Waals surface area contributed by atoms with Crippen LogP contribution in [0.3, 0.4) is 0 Å². The molecule has 166 valence electrons. The van der Waals surface area contributed by atoms with E-state index in [2.05, 4.69) is 40.7 Å². The minimum atomic E-state index is -1.03. The summed E-state index contributed by atoms with van der Waals surface area (Å²) in [6.07, 6.45) is 2.40. The van der Waals surface area contributed by atoms with E-state index in [1.165, 1.54) is 11.6 Å². The zero-order valence-electron chi connectivity index (χ0n) is 18.1. The monoisotopic (exact) mass is 433 g/mol. The van der Waals surface area contributed by atoms with Crippen LogP contribution in [0.1, 0.15) is 41.3 Å². The Bertz CT molecular complexity index is 1070. The molecule has 0 spiro atoms. The van der Waals surface area contributed by atoms with Gasteiger partial charge in [0, 0.05) is 31.2 Å². The lowest BCUT2D eigenvalue weighted by Crippen LogP contribution is -2.37. The molecule has 3 atom stereocenters. The molecule has 3 aromatic rings. The molecule has 0 aliphatic carbocycles. The van der Waals surface area contributed by atoms with Crippen LogP contribution in [-0.4, -0.2) is 29.1 Å². The van der Waals surface area contributed by atoms with Crippen LogP contribution in [0, 0.1) is 11.7 Å². The van der Waals surface area contributed by atoms with Gasteiger partial charge in [-0.25, -0.2) is 4.39 Å². The first-order valence-electron chi connectivity index (χ1n) is 11.0. The van der Waals surface area contributed by atoms with E-state index in [4.69, 9.17) is 5.11 Å². The number of carboxylic acids is 1. The fourth-order valence-electron chi connectivity index (χ4n) is 4.37. The summed E-state index contributed by atoms with van der Waals surface area (Å²) in [5.41, 5.74) is 4.46. The van der Waals surface area contributed by atoms with Crippen molar-refractivity contribution in [2.75, 3.05) is 18.4 Å². The number of nitrogens with one attached hydrogen (secondary N) is 2. The second-order valence-electron chi connectivity index (χ2n) is 8.46. The van der Waals surface area contributed by atoms with Crippen molar-refractivity contribution in [1.82, 2.24) is 10.3 Å². The lowest BCUT2D eigenvalue weighted by atomic mass is 9.86. The molecule has 0 fully saturated rings. The van der Waals surface area contributed by atoms with Crippen LogP contribution < -0.4 is 10.6 Å². The lowest BCUT2D eigenvalue weighted by Gasteiger charge is -2.33. The number of hydrogen-bond acceptors (Lipinski definition) is 4. The number of pyridine rings is 1. The molecule has 0 saturated heterocycles. The Balaban J connectivity index is 1.49. The first-order chi connectivity index (χ1) is 15.5. The van der Waals surface area contributed by atoms with Gasteiger partial charge in [0.05, 0.1) is 17.8 Å². The Hall–Kier alpha value is -3.25. The third-order valence-electron chi connectivity index (χ3n) is 6.16. The number of carbonyl (C=O) groups is 1. The number of fused-ring (bicyclic) bond motifs is 1. The highest BCUT2D eigenvalue weighted by Gasteiger charge is 2.28. The van der Waals surface area contributed by atoms with Crippen molar-refractivity contribution in [2.45, 2.75) is 31.7 Å². The summed E-state index contributed by atoms with van der Waals surface area (Å²) in [4.78, 5) is 15.4. The number of anilines is 1. The molecule has 0 radical (unpaired) electrons. The molecule has 1 aliphatic heterocycles. The van der Waals surface area contributed by atoms with Crippen molar-refractivity contribution in [3.05, 3.63) is 95.1 Å². The summed E-state index contributed by atoms with van der Waals surface area (Å²) >= 11 is 0. The lowest BCUT2D eigenvalue weighted by molar-refractivity contribution is -0.136. The number of benzene rings is 2. The summed E-state index contributed by atoms with van der Waals surface area (Å²) < 4.78 is 14.4. The summed E-state index contributed by atoms with van der Waals surface area (Å²) in [5, 5.41) is 16.2. The van der Waals surface area contributed by atoms with Crippen molar-refractivity contribution in [1.29, 1.82) is 0 Å². The van der Waals surface area contributed by atoms with E-state index < -0.39 is 11.8 Å². The highest BCUT2D eigenvalue weighted by Crippen LogP contribution is 2.32. The second kappa shape index (κ2) is 9.92. The maximum absolute atomic E-state index is 14.4. The molecular weight excluding hydrogens is 405 g/mol. The number of aromatic nitrogens is 1. The van der Waals surface area contributed by atoms with Gasteiger partial charge in [0.15, 0.2) is 0 Å². The zero-order chi connectivity index (χ0) is 22.5. The van der Waals surface area contributed by atoms with Gasteiger partial charge >= 0.3 is 5.97 Å². The predicted octanol–water partition coefficient (Wildman–Crippen LogP) is 4.57. The van der Waals surface area contributed by atoms with Crippen molar-refractivity contribution < 1.29 is 14.3 Å². The highest BCUT2D eigenvalue weighted by molar-refractivity contribution is 5.70. The van der Waals surface area contributed by atoms with Gasteiger partial charge in [0.2, 0.25) is 0 Å². The number of aliphatic carboxylic acids is 1. The maximum Gasteiger partial charge on any atom is 0.307 e. The third-order valence-corrected chi connectivity index (χ3v) is 6.16. The summed E-state index contributed by atoms with van der Waals surface area (Å²) in [5.74, 6) is -1.11. The van der Waals surface area contributed by atoms with Gasteiger partial charge in [0.1, 0.15) is 5.82 Å². The van der Waals surface area contributed by atoms with Gasteiger partial charge < -0.3 is 15.7 Å². The zero-order valence-corrected chi connectivity index (χ0v) is 18.1. The molecule has 2 aromatic carbocycles. The molecule has 1 unspecified atom stereocenters. The third kappa shape index (κ3) is 5.14. The van der Waals surface area contributed by atoms with Crippen LogP contribution >= 0.6 is 0 Å². The number of hydrogen-bond donors (Lipinski definition) is 3. The van der Waals surface area contributed by atoms with E-state index >= 15 is 0 Å². The van der Waals surface area contributed by atoms with Crippen molar-refractivity contribution >= 4 is 11.7 Å². The first-order valence-corrected chi connectivity index (χ1v) is 11.0. The average Bonchev–Trinajstić information content (AvgIpc) is 2.80. The largest absolute Gasteiger partial charge is 0.481 e. The van der Waals surface area contributed by atoms with Crippen molar-refractivity contribution in [2.24, 2.45) is 5.92 Å². The molecule has 0 bridgehead atoms. The Morgan fingerprint density at radius 2 is 2.00 bits per heavy atom. The molecule has 0 amide bonds. The van der Waals surface area contributed by atoms with Crippen molar-refractivity contribution in [3.63, 3.8) is 0 Å². The van der Waals surface area contributed by atoms with E-state index in [9.17, 15) is 9.18 Å². The Morgan fingerprint density at radius 3 is 2.75 bits per heavy atom. The molecule has 6 heteroatoms. The fraction of sp³-hybridized carbons (Fsp3) is 0.308. The quantitative estimate of drug-likeness (QED) is 0.485. The second-order valence-corrected chi connectivity index (χ2v) is 8.46. The van der Waals surface area contributed by atoms with E-state index in [-0.39, 0.29) is 23.9 Å². The Morgan fingerprint density at radius 1 is 1.19 bits per heavy atom. The maximum atomic E-state index is 14.4. The molecular formula is C26H28FN3O2. The van der Waals surface area contributed by atoms with E-state index in [1.54, 1.807) is 6.07 Å². The molecule has 2 heterocycles. The summed E-state index contributed by atoms with van der Waals surface area (Å²) in [6.45, 7) is 3.57. The van der Waals surface area contributed by atoms with Crippen molar-refractivity contribution in [3.8, 4) is 0 Å². The number of halogens is 1. The molecule has 0 saturated carbocycles. The van der Waals surface area contributed by atoms with Crippen LogP contribution in [0.15, 0.2) is 66.9 Å². The topological polar surface area (TPSA) is 74.2 Å². The normalized spacial score (nSPS) is 17.1. The fourth-order valence-corrected chi connectivity index (χ4v) is 4.37. The standard InChI is InChI=1S/C26H28FN3O2/c1-17(19-9-10-20(14-25(31)32)22(27)12-19)15-30-26(18-6-3-2-4-7-18)21-13-24-23(29-16-21)8-5-11-28-24/h2-12,17,21,26,29-30H,13-16H2,1H3,(H,31,32)/t17?,21-,26-/m1/s1. The Labute approximate surface area is 187 Å². The number of carboxylic acid groups (broad SMARTS) is 1. The summed E-state index contributed by atoms with van der Waals surface area (Å²) in [6, 6.07) is 19.4. The van der Waals surface area contributed by atoms with Crippen LogP contribution in [0.5, 0.6) is 0 Å². The molecule has 4 rings (SSSR count). The van der Waals surface area contributed by atoms with Gasteiger partial charge in [-0.2, -0.15) is 0 Å². The predicted molar refractivity (Wildman–Crippen MR) is 123 cm³/mol. The highest BCUT2D eigenvalue weighted by atomic mass is 19.1. The smallest absolute Gasteiger partial charge is 0.307 e. The number of rotatable bonds is 8. The number of nitrogens with zero attached hydrogens (tertiary/aromatic N) is 1. The molecule has 1 aliphatic rings. The van der Waals surface area contributed by atoms with Gasteiger partial charge in [0.25, 0.3) is 0 Å². The summed E-state index contributed by atoms with van der Waals surface area (Å²) in [7, 11) is 0. The van der Waals surface area contributed by atoms with E-state index in [0.717, 1.165) is 29.9 Å². The van der Waals surface area contributed by atoms with Gasteiger partial charge in [-0.15, -0.1) is 0 Å². The first kappa shape index (κ1) is 22.0. The van der Waals surface area contributed by atoms with E-state index in [1.807, 2.05) is 36.5 Å².